The molecule has 12 nitrogen and oxygen atoms in total. The number of aromatic hydroxyl groups is 1. The number of benzene rings is 2. The van der Waals surface area contributed by atoms with Crippen LogP contribution in [0.15, 0.2) is 76.5 Å². The number of H-pyrrole nitrogens is 1. The van der Waals surface area contributed by atoms with E-state index >= 15 is 0 Å². The van der Waals surface area contributed by atoms with E-state index in [1.807, 2.05) is 4.98 Å². The standard InChI is InChI=1S/C23H12N4O8/c28-15-7-11-6-13-18(29)24-22(31)25-19(13)35-17(11)8-12(15)9-33-27-21(30)14-5-10-3-1-2-4-16(10)34-20(14)26-23(27)32/h1-8,28H,9H2,(H,24,29,31). The second kappa shape index (κ2) is 7.38. The van der Waals surface area contributed by atoms with E-state index in [1.54, 1.807) is 30.3 Å². The minimum absolute atomic E-state index is 0.0308. The lowest BCUT2D eigenvalue weighted by molar-refractivity contribution is 0.0776. The predicted molar refractivity (Wildman–Crippen MR) is 121 cm³/mol. The van der Waals surface area contributed by atoms with Crippen LogP contribution in [0.5, 0.6) is 5.75 Å². The van der Waals surface area contributed by atoms with E-state index in [1.165, 1.54) is 18.2 Å². The highest BCUT2D eigenvalue weighted by molar-refractivity contribution is 5.84. The second-order valence-electron chi connectivity index (χ2n) is 7.63. The van der Waals surface area contributed by atoms with Crippen LogP contribution in [0, 0.1) is 0 Å². The van der Waals surface area contributed by atoms with Gasteiger partial charge in [-0.05, 0) is 30.3 Å². The van der Waals surface area contributed by atoms with Crippen LogP contribution in [-0.4, -0.2) is 24.8 Å². The van der Waals surface area contributed by atoms with Crippen molar-refractivity contribution in [3.8, 4) is 28.7 Å². The van der Waals surface area contributed by atoms with Gasteiger partial charge in [0.1, 0.15) is 34.6 Å². The number of rotatable bonds is 3. The number of fused-ring (bicyclic) bond motifs is 4. The zero-order valence-electron chi connectivity index (χ0n) is 17.5. The summed E-state index contributed by atoms with van der Waals surface area (Å²) in [6, 6.07) is 12.6. The fourth-order valence-electron chi connectivity index (χ4n) is 3.73. The number of aromatic amines is 1. The summed E-state index contributed by atoms with van der Waals surface area (Å²) < 4.78 is 11.6. The van der Waals surface area contributed by atoms with Gasteiger partial charge in [-0.15, -0.1) is 0 Å². The van der Waals surface area contributed by atoms with E-state index in [0.717, 1.165) is 0 Å². The number of hydrogen-bond acceptors (Lipinski definition) is 10. The fourth-order valence-corrected chi connectivity index (χ4v) is 3.73. The fraction of sp³-hybridized carbons (Fsp3) is 0.0435. The normalized spacial score (nSPS) is 11.5. The average molecular weight is 472 g/mol. The SMILES string of the molecule is O=c1nc2oc3cc(COn4c(=O)nc5oc6ccccc6cc-5c4=O)c(O)cc3cc-2c(=O)[nH]1. The molecule has 0 aliphatic carbocycles. The third-order valence-electron chi connectivity index (χ3n) is 5.41. The lowest BCUT2D eigenvalue weighted by Crippen LogP contribution is -2.41. The lowest BCUT2D eigenvalue weighted by atomic mass is 10.1. The van der Waals surface area contributed by atoms with Gasteiger partial charge < -0.3 is 18.8 Å². The van der Waals surface area contributed by atoms with Gasteiger partial charge in [-0.2, -0.15) is 9.97 Å². The van der Waals surface area contributed by atoms with Gasteiger partial charge in [-0.3, -0.25) is 14.6 Å². The van der Waals surface area contributed by atoms with E-state index in [-0.39, 0.29) is 39.8 Å². The summed E-state index contributed by atoms with van der Waals surface area (Å²) >= 11 is 0. The Morgan fingerprint density at radius 2 is 1.63 bits per heavy atom. The summed E-state index contributed by atoms with van der Waals surface area (Å²) in [6.07, 6.45) is 0. The Hall–Kier alpha value is -5.26. The third-order valence-corrected chi connectivity index (χ3v) is 5.41. The highest BCUT2D eigenvalue weighted by Gasteiger charge is 2.20. The molecular formula is C23H12N4O8. The minimum atomic E-state index is -0.996. The van der Waals surface area contributed by atoms with Crippen LogP contribution in [0.1, 0.15) is 5.56 Å². The molecule has 0 saturated heterocycles. The second-order valence-corrected chi connectivity index (χ2v) is 7.63. The molecule has 0 amide bonds. The largest absolute Gasteiger partial charge is 0.508 e. The van der Waals surface area contributed by atoms with Crippen LogP contribution < -0.4 is 27.3 Å². The molecule has 12 heteroatoms. The van der Waals surface area contributed by atoms with Crippen molar-refractivity contribution in [3.63, 3.8) is 0 Å². The molecule has 4 aliphatic heterocycles. The third kappa shape index (κ3) is 3.31. The number of nitrogens with zero attached hydrogens (tertiary/aromatic N) is 3. The Morgan fingerprint density at radius 3 is 2.49 bits per heavy atom. The van der Waals surface area contributed by atoms with Crippen molar-refractivity contribution in [3.05, 3.63) is 95.8 Å². The Bertz CT molecular complexity index is 1970. The average Bonchev–Trinajstić information content (AvgIpc) is 2.82. The molecule has 0 fully saturated rings. The number of phenols is 1. The Labute approximate surface area is 191 Å². The van der Waals surface area contributed by atoms with E-state index < -0.39 is 29.1 Å². The molecule has 0 radical (unpaired) electrons. The topological polar surface area (TPSA) is 171 Å². The van der Waals surface area contributed by atoms with E-state index in [4.69, 9.17) is 13.7 Å². The van der Waals surface area contributed by atoms with E-state index in [2.05, 4.69) is 9.97 Å². The van der Waals surface area contributed by atoms with Crippen molar-refractivity contribution in [2.24, 2.45) is 0 Å². The highest BCUT2D eigenvalue weighted by Crippen LogP contribution is 2.29. The number of aromatic nitrogens is 4. The Kier molecular flexibility index (Phi) is 4.29. The first-order chi connectivity index (χ1) is 16.9. The summed E-state index contributed by atoms with van der Waals surface area (Å²) in [7, 11) is 0. The van der Waals surface area contributed by atoms with Crippen molar-refractivity contribution in [1.82, 2.24) is 19.7 Å². The molecule has 0 bridgehead atoms. The molecule has 4 heterocycles. The van der Waals surface area contributed by atoms with E-state index in [0.29, 0.717) is 21.1 Å². The predicted octanol–water partition coefficient (Wildman–Crippen LogP) is 1.08. The summed E-state index contributed by atoms with van der Waals surface area (Å²) in [4.78, 5) is 63.6. The molecule has 2 aromatic rings. The van der Waals surface area contributed by atoms with Gasteiger partial charge in [0.15, 0.2) is 0 Å². The monoisotopic (exact) mass is 472 g/mol. The van der Waals surface area contributed by atoms with Gasteiger partial charge in [0.2, 0.25) is 11.8 Å². The van der Waals surface area contributed by atoms with Crippen LogP contribution in [0.25, 0.3) is 44.8 Å². The van der Waals surface area contributed by atoms with E-state index in [9.17, 15) is 24.3 Å². The van der Waals surface area contributed by atoms with Gasteiger partial charge in [0.05, 0.1) is 0 Å². The molecule has 0 aromatic heterocycles. The van der Waals surface area contributed by atoms with Crippen molar-refractivity contribution in [2.45, 2.75) is 6.61 Å². The summed E-state index contributed by atoms with van der Waals surface area (Å²) in [5.74, 6) is -0.554. The van der Waals surface area contributed by atoms with Crippen LogP contribution >= 0.6 is 0 Å². The summed E-state index contributed by atoms with van der Waals surface area (Å²) in [5, 5.41) is 11.4. The molecule has 0 saturated carbocycles. The first-order valence-electron chi connectivity index (χ1n) is 10.2. The molecule has 6 rings (SSSR count). The molecule has 4 aliphatic rings. The first kappa shape index (κ1) is 20.4. The van der Waals surface area contributed by atoms with Crippen molar-refractivity contribution >= 4 is 21.9 Å². The smallest absolute Gasteiger partial charge is 0.387 e. The van der Waals surface area contributed by atoms with Crippen molar-refractivity contribution < 1.29 is 18.8 Å². The molecule has 35 heavy (non-hydrogen) atoms. The van der Waals surface area contributed by atoms with Gasteiger partial charge in [-0.1, -0.05) is 22.9 Å². The van der Waals surface area contributed by atoms with Crippen LogP contribution in [0.2, 0.25) is 0 Å². The minimum Gasteiger partial charge on any atom is -0.508 e. The summed E-state index contributed by atoms with van der Waals surface area (Å²) in [5.41, 5.74) is -2.45. The molecule has 2 N–H and O–H groups in total. The number of nitrogens with one attached hydrogen (secondary N) is 1. The van der Waals surface area contributed by atoms with Gasteiger partial charge in [0.25, 0.3) is 5.56 Å². The maximum absolute atomic E-state index is 12.9. The zero-order valence-corrected chi connectivity index (χ0v) is 17.5. The summed E-state index contributed by atoms with van der Waals surface area (Å²) in [6.45, 7) is -0.405. The molecule has 0 atom stereocenters. The first-order valence-corrected chi connectivity index (χ1v) is 10.2. The van der Waals surface area contributed by atoms with Gasteiger partial charge >= 0.3 is 16.9 Å². The molecule has 0 unspecified atom stereocenters. The number of phenolic OH excluding ortho intramolecular Hbond substituents is 1. The maximum atomic E-state index is 12.9. The van der Waals surface area contributed by atoms with Crippen LogP contribution in [0.4, 0.5) is 0 Å². The molecule has 172 valence electrons. The number of hydrogen-bond donors (Lipinski definition) is 2. The Balaban J connectivity index is 1.41. The van der Waals surface area contributed by atoms with Crippen molar-refractivity contribution in [1.29, 1.82) is 0 Å². The number of para-hydroxylation sites is 1. The van der Waals surface area contributed by atoms with Crippen LogP contribution in [-0.2, 0) is 6.61 Å². The quantitative estimate of drug-likeness (QED) is 0.355. The molecule has 2 aromatic carbocycles. The van der Waals surface area contributed by atoms with Crippen LogP contribution in [0.3, 0.4) is 0 Å². The van der Waals surface area contributed by atoms with Crippen molar-refractivity contribution in [2.75, 3.05) is 0 Å². The van der Waals surface area contributed by atoms with Gasteiger partial charge in [-0.25, -0.2) is 9.59 Å². The van der Waals surface area contributed by atoms with Gasteiger partial charge in [0, 0.05) is 16.3 Å². The molecule has 0 spiro atoms. The Morgan fingerprint density at radius 1 is 0.886 bits per heavy atom. The maximum Gasteiger partial charge on any atom is 0.387 e. The molecular weight excluding hydrogens is 460 g/mol. The zero-order chi connectivity index (χ0) is 24.3. The lowest BCUT2D eigenvalue weighted by Gasteiger charge is -2.12. The highest BCUT2D eigenvalue weighted by atomic mass is 16.7.